The van der Waals surface area contributed by atoms with Gasteiger partial charge in [-0.15, -0.1) is 0 Å². The van der Waals surface area contributed by atoms with Crippen LogP contribution >= 0.6 is 11.6 Å². The maximum Gasteiger partial charge on any atom is 0.307 e. The Morgan fingerprint density at radius 3 is 2.67 bits per heavy atom. The quantitative estimate of drug-likeness (QED) is 0.866. The Labute approximate surface area is 93.9 Å². The Balaban J connectivity index is 2.84. The fourth-order valence-electron chi connectivity index (χ4n) is 1.25. The number of aliphatic carboxylic acids is 1. The summed E-state index contributed by atoms with van der Waals surface area (Å²) in [5.41, 5.74) is 0.629. The number of aromatic nitrogens is 2. The van der Waals surface area contributed by atoms with Crippen molar-refractivity contribution in [3.63, 3.8) is 0 Å². The van der Waals surface area contributed by atoms with E-state index in [9.17, 15) is 4.79 Å². The standard InChI is InChI=1S/C10H15ClN2O2/c1-10(2,3)6-13-9(11)7(5-12-13)4-8(14)15/h5H,4,6H2,1-3H3,(H,14,15). The van der Waals surface area contributed by atoms with Gasteiger partial charge in [0.15, 0.2) is 0 Å². The van der Waals surface area contributed by atoms with Gasteiger partial charge < -0.3 is 5.11 Å². The summed E-state index contributed by atoms with van der Waals surface area (Å²) in [5, 5.41) is 13.1. The molecule has 0 spiro atoms. The number of hydrogen-bond acceptors (Lipinski definition) is 2. The minimum absolute atomic E-state index is 0.0656. The Hall–Kier alpha value is -1.03. The summed E-state index contributed by atoms with van der Waals surface area (Å²) < 4.78 is 1.64. The highest BCUT2D eigenvalue weighted by molar-refractivity contribution is 6.30. The number of carbonyl (C=O) groups is 1. The molecule has 1 N–H and O–H groups in total. The lowest BCUT2D eigenvalue weighted by Gasteiger charge is -2.18. The van der Waals surface area contributed by atoms with E-state index in [2.05, 4.69) is 25.9 Å². The third-order valence-electron chi connectivity index (χ3n) is 1.81. The first kappa shape index (κ1) is 12.0. The molecule has 0 unspecified atom stereocenters. The molecule has 84 valence electrons. The van der Waals surface area contributed by atoms with Gasteiger partial charge in [-0.05, 0) is 5.41 Å². The minimum Gasteiger partial charge on any atom is -0.481 e. The van der Waals surface area contributed by atoms with E-state index in [1.54, 1.807) is 4.68 Å². The molecule has 0 bridgehead atoms. The third kappa shape index (κ3) is 3.55. The first-order valence-electron chi connectivity index (χ1n) is 4.71. The van der Waals surface area contributed by atoms with E-state index in [0.717, 1.165) is 0 Å². The Morgan fingerprint density at radius 2 is 2.20 bits per heavy atom. The van der Waals surface area contributed by atoms with Gasteiger partial charge in [-0.3, -0.25) is 9.48 Å². The molecule has 0 aliphatic rings. The van der Waals surface area contributed by atoms with Crippen molar-refractivity contribution in [3.8, 4) is 0 Å². The predicted octanol–water partition coefficient (Wildman–Crippen LogP) is 2.21. The maximum atomic E-state index is 10.5. The lowest BCUT2D eigenvalue weighted by Crippen LogP contribution is -2.16. The van der Waals surface area contributed by atoms with Crippen LogP contribution in [0.2, 0.25) is 5.15 Å². The molecule has 0 aliphatic carbocycles. The summed E-state index contributed by atoms with van der Waals surface area (Å²) in [4.78, 5) is 10.5. The predicted molar refractivity (Wildman–Crippen MR) is 58.0 cm³/mol. The topological polar surface area (TPSA) is 55.1 Å². The van der Waals surface area contributed by atoms with E-state index in [-0.39, 0.29) is 11.8 Å². The van der Waals surface area contributed by atoms with Crippen LogP contribution in [-0.2, 0) is 17.8 Å². The van der Waals surface area contributed by atoms with Gasteiger partial charge in [-0.2, -0.15) is 5.10 Å². The normalized spacial score (nSPS) is 11.7. The SMILES string of the molecule is CC(C)(C)Cn1ncc(CC(=O)O)c1Cl. The first-order valence-corrected chi connectivity index (χ1v) is 5.09. The minimum atomic E-state index is -0.896. The summed E-state index contributed by atoms with van der Waals surface area (Å²) in [5.74, 6) is -0.896. The molecule has 0 fully saturated rings. The van der Waals surface area contributed by atoms with Crippen molar-refractivity contribution >= 4 is 17.6 Å². The molecular weight excluding hydrogens is 216 g/mol. The van der Waals surface area contributed by atoms with Crippen LogP contribution in [0.4, 0.5) is 0 Å². The van der Waals surface area contributed by atoms with E-state index in [4.69, 9.17) is 16.7 Å². The van der Waals surface area contributed by atoms with Crippen LogP contribution in [0.5, 0.6) is 0 Å². The van der Waals surface area contributed by atoms with Gasteiger partial charge in [0.1, 0.15) is 5.15 Å². The summed E-state index contributed by atoms with van der Waals surface area (Å²) in [7, 11) is 0. The van der Waals surface area contributed by atoms with E-state index >= 15 is 0 Å². The van der Waals surface area contributed by atoms with Gasteiger partial charge in [0.2, 0.25) is 0 Å². The number of rotatable bonds is 3. The highest BCUT2D eigenvalue weighted by atomic mass is 35.5. The van der Waals surface area contributed by atoms with Crippen LogP contribution in [0.3, 0.4) is 0 Å². The van der Waals surface area contributed by atoms with Crippen LogP contribution < -0.4 is 0 Å². The Bertz CT molecular complexity index is 366. The summed E-state index contributed by atoms with van der Waals surface area (Å²) in [6.07, 6.45) is 1.44. The second kappa shape index (κ2) is 4.23. The molecule has 0 aromatic carbocycles. The number of carboxylic acids is 1. The van der Waals surface area contributed by atoms with Crippen molar-refractivity contribution in [2.45, 2.75) is 33.7 Å². The molecule has 5 heteroatoms. The van der Waals surface area contributed by atoms with Crippen molar-refractivity contribution in [1.29, 1.82) is 0 Å². The van der Waals surface area contributed by atoms with Crippen LogP contribution in [-0.4, -0.2) is 20.9 Å². The zero-order valence-electron chi connectivity index (χ0n) is 9.12. The smallest absolute Gasteiger partial charge is 0.307 e. The van der Waals surface area contributed by atoms with Crippen LogP contribution in [0, 0.1) is 5.41 Å². The molecule has 1 aromatic heterocycles. The molecule has 4 nitrogen and oxygen atoms in total. The molecule has 1 rings (SSSR count). The summed E-state index contributed by atoms with van der Waals surface area (Å²) in [6, 6.07) is 0. The molecule has 0 saturated carbocycles. The highest BCUT2D eigenvalue weighted by Gasteiger charge is 2.17. The zero-order chi connectivity index (χ0) is 11.6. The van der Waals surface area contributed by atoms with Crippen molar-refractivity contribution in [3.05, 3.63) is 16.9 Å². The average molecular weight is 231 g/mol. The van der Waals surface area contributed by atoms with Gasteiger partial charge in [-0.1, -0.05) is 32.4 Å². The van der Waals surface area contributed by atoms with Gasteiger partial charge in [-0.25, -0.2) is 0 Å². The molecule has 1 aromatic rings. The van der Waals surface area contributed by atoms with Gasteiger partial charge in [0, 0.05) is 12.1 Å². The van der Waals surface area contributed by atoms with Crippen molar-refractivity contribution in [1.82, 2.24) is 9.78 Å². The zero-order valence-corrected chi connectivity index (χ0v) is 9.88. The Kier molecular flexibility index (Phi) is 3.39. The number of carboxylic acid groups (broad SMARTS) is 1. The highest BCUT2D eigenvalue weighted by Crippen LogP contribution is 2.22. The second-order valence-electron chi connectivity index (χ2n) is 4.75. The molecule has 0 saturated heterocycles. The monoisotopic (exact) mass is 230 g/mol. The van der Waals surface area contributed by atoms with Gasteiger partial charge in [0.05, 0.1) is 12.6 Å². The maximum absolute atomic E-state index is 10.5. The van der Waals surface area contributed by atoms with E-state index in [1.807, 2.05) is 0 Å². The largest absolute Gasteiger partial charge is 0.481 e. The fourth-order valence-corrected chi connectivity index (χ4v) is 1.47. The number of halogens is 1. The van der Waals surface area contributed by atoms with Crippen molar-refractivity contribution in [2.75, 3.05) is 0 Å². The van der Waals surface area contributed by atoms with Crippen LogP contribution in [0.15, 0.2) is 6.20 Å². The molecule has 15 heavy (non-hydrogen) atoms. The molecule has 0 radical (unpaired) electrons. The Morgan fingerprint density at radius 1 is 1.60 bits per heavy atom. The lowest BCUT2D eigenvalue weighted by atomic mass is 9.97. The molecule has 0 amide bonds. The first-order chi connectivity index (χ1) is 6.79. The molecular formula is C10H15ClN2O2. The van der Waals surface area contributed by atoms with E-state index < -0.39 is 5.97 Å². The van der Waals surface area contributed by atoms with Crippen molar-refractivity contribution < 1.29 is 9.90 Å². The molecule has 0 atom stereocenters. The number of hydrogen-bond donors (Lipinski definition) is 1. The fraction of sp³-hybridized carbons (Fsp3) is 0.600. The van der Waals surface area contributed by atoms with Crippen LogP contribution in [0.25, 0.3) is 0 Å². The van der Waals surface area contributed by atoms with Gasteiger partial charge in [0.25, 0.3) is 0 Å². The summed E-state index contributed by atoms with van der Waals surface area (Å²) >= 11 is 6.01. The lowest BCUT2D eigenvalue weighted by molar-refractivity contribution is -0.136. The number of nitrogens with zero attached hydrogens (tertiary/aromatic N) is 2. The van der Waals surface area contributed by atoms with Crippen molar-refractivity contribution in [2.24, 2.45) is 5.41 Å². The third-order valence-corrected chi connectivity index (χ3v) is 2.25. The molecule has 1 heterocycles. The average Bonchev–Trinajstić information content (AvgIpc) is 2.32. The molecule has 0 aliphatic heterocycles. The van der Waals surface area contributed by atoms with E-state index in [0.29, 0.717) is 17.3 Å². The van der Waals surface area contributed by atoms with Gasteiger partial charge >= 0.3 is 5.97 Å². The second-order valence-corrected chi connectivity index (χ2v) is 5.11. The van der Waals surface area contributed by atoms with Crippen LogP contribution in [0.1, 0.15) is 26.3 Å². The van der Waals surface area contributed by atoms with E-state index in [1.165, 1.54) is 6.20 Å². The summed E-state index contributed by atoms with van der Waals surface area (Å²) in [6.45, 7) is 6.89.